The lowest BCUT2D eigenvalue weighted by molar-refractivity contribution is 0.0967. The number of nitrogens with one attached hydrogen (secondary N) is 3. The van der Waals surface area contributed by atoms with E-state index in [1.54, 1.807) is 13.3 Å². The Morgan fingerprint density at radius 1 is 1.23 bits per heavy atom. The molecule has 0 radical (unpaired) electrons. The topological polar surface area (TPSA) is 91.0 Å². The molecule has 8 heteroatoms. The predicted molar refractivity (Wildman–Crippen MR) is 101 cm³/mol. The monoisotopic (exact) mass is 353 g/mol. The summed E-state index contributed by atoms with van der Waals surface area (Å²) < 4.78 is 5.71. The molecule has 1 aliphatic heterocycles. The largest absolute Gasteiger partial charge is 0.378 e. The van der Waals surface area contributed by atoms with E-state index >= 15 is 0 Å². The molecule has 8 nitrogen and oxygen atoms in total. The van der Waals surface area contributed by atoms with Gasteiger partial charge in [0.2, 0.25) is 5.95 Å². The molecule has 0 aromatic carbocycles. The quantitative estimate of drug-likeness (QED) is 0.617. The van der Waals surface area contributed by atoms with Gasteiger partial charge in [0.25, 0.3) is 0 Å². The molecule has 1 aliphatic rings. The summed E-state index contributed by atoms with van der Waals surface area (Å²) in [5.41, 5.74) is 2.14. The molecule has 0 amide bonds. The van der Waals surface area contributed by atoms with E-state index in [1.165, 1.54) is 5.56 Å². The van der Waals surface area contributed by atoms with Gasteiger partial charge in [0.05, 0.1) is 12.1 Å². The number of H-pyrrole nitrogens is 1. The molecule has 2 atom stereocenters. The highest BCUT2D eigenvalue weighted by atomic mass is 16.5. The predicted octanol–water partition coefficient (Wildman–Crippen LogP) is 1.39. The van der Waals surface area contributed by atoms with Crippen LogP contribution < -0.4 is 15.5 Å². The van der Waals surface area contributed by atoms with E-state index in [2.05, 4.69) is 47.6 Å². The Hall–Kier alpha value is -2.71. The zero-order valence-electron chi connectivity index (χ0n) is 14.9. The highest BCUT2D eigenvalue weighted by molar-refractivity contribution is 5.79. The molecular weight excluding hydrogens is 330 g/mol. The number of pyridine rings is 1. The van der Waals surface area contributed by atoms with Crippen molar-refractivity contribution in [1.29, 1.82) is 0 Å². The van der Waals surface area contributed by atoms with Crippen LogP contribution in [-0.4, -0.2) is 59.3 Å². The maximum absolute atomic E-state index is 5.71. The Morgan fingerprint density at radius 2 is 2.12 bits per heavy atom. The van der Waals surface area contributed by atoms with Gasteiger partial charge in [0, 0.05) is 57.8 Å². The standard InChI is InChI=1S/C18H23N7O/c1-19-18-22-8-5-16(24-18)25-10-14(15(11-25)26-2)23-9-12-3-6-20-17-13(12)4-7-21-17/h3-8,14-15,23H,9-11H2,1-2H3,(H,20,21)(H,19,22,24)/t14-,15+/m1/s1. The van der Waals surface area contributed by atoms with Crippen LogP contribution in [0.4, 0.5) is 11.8 Å². The zero-order valence-corrected chi connectivity index (χ0v) is 14.9. The van der Waals surface area contributed by atoms with Crippen LogP contribution in [0.1, 0.15) is 5.56 Å². The molecule has 4 heterocycles. The molecule has 0 aliphatic carbocycles. The Balaban J connectivity index is 1.47. The highest BCUT2D eigenvalue weighted by Gasteiger charge is 2.33. The molecule has 1 fully saturated rings. The average Bonchev–Trinajstić information content (AvgIpc) is 3.33. The van der Waals surface area contributed by atoms with E-state index in [1.807, 2.05) is 25.5 Å². The number of anilines is 2. The van der Waals surface area contributed by atoms with Gasteiger partial charge in [-0.2, -0.15) is 4.98 Å². The first-order chi connectivity index (χ1) is 12.8. The first-order valence-electron chi connectivity index (χ1n) is 8.71. The van der Waals surface area contributed by atoms with Gasteiger partial charge >= 0.3 is 0 Å². The molecule has 1 saturated heterocycles. The fraction of sp³-hybridized carbons (Fsp3) is 0.389. The SMILES string of the molecule is CNc1nccc(N2C[C@H](OC)[C@H](NCc3ccnc4[nH]ccc34)C2)n1. The van der Waals surface area contributed by atoms with Crippen LogP contribution in [0.3, 0.4) is 0 Å². The number of hydrogen-bond acceptors (Lipinski definition) is 7. The van der Waals surface area contributed by atoms with Gasteiger partial charge in [0.15, 0.2) is 0 Å². The van der Waals surface area contributed by atoms with Crippen LogP contribution in [-0.2, 0) is 11.3 Å². The van der Waals surface area contributed by atoms with E-state index in [0.29, 0.717) is 5.95 Å². The smallest absolute Gasteiger partial charge is 0.224 e. The molecule has 0 bridgehead atoms. The third-order valence-corrected chi connectivity index (χ3v) is 4.86. The van der Waals surface area contributed by atoms with Gasteiger partial charge in [-0.15, -0.1) is 0 Å². The van der Waals surface area contributed by atoms with Crippen LogP contribution in [0.15, 0.2) is 36.8 Å². The van der Waals surface area contributed by atoms with Crippen LogP contribution >= 0.6 is 0 Å². The number of nitrogens with zero attached hydrogens (tertiary/aromatic N) is 4. The molecule has 3 aromatic heterocycles. The van der Waals surface area contributed by atoms with Crippen molar-refractivity contribution in [2.45, 2.75) is 18.7 Å². The normalized spacial score (nSPS) is 20.0. The first-order valence-corrected chi connectivity index (χ1v) is 8.71. The summed E-state index contributed by atoms with van der Waals surface area (Å²) in [7, 11) is 3.58. The van der Waals surface area contributed by atoms with Crippen molar-refractivity contribution in [1.82, 2.24) is 25.3 Å². The number of fused-ring (bicyclic) bond motifs is 1. The molecule has 4 rings (SSSR count). The van der Waals surface area contributed by atoms with Crippen molar-refractivity contribution in [3.8, 4) is 0 Å². The van der Waals surface area contributed by atoms with Gasteiger partial charge in [-0.1, -0.05) is 0 Å². The second-order valence-corrected chi connectivity index (χ2v) is 6.37. The van der Waals surface area contributed by atoms with Crippen molar-refractivity contribution >= 4 is 22.8 Å². The Labute approximate surface area is 152 Å². The number of aromatic nitrogens is 4. The minimum Gasteiger partial charge on any atom is -0.378 e. The van der Waals surface area contributed by atoms with Gasteiger partial charge in [-0.25, -0.2) is 9.97 Å². The lowest BCUT2D eigenvalue weighted by Gasteiger charge is -2.18. The van der Waals surface area contributed by atoms with Gasteiger partial charge in [-0.3, -0.25) is 0 Å². The lowest BCUT2D eigenvalue weighted by atomic mass is 10.1. The van der Waals surface area contributed by atoms with E-state index in [0.717, 1.165) is 36.5 Å². The van der Waals surface area contributed by atoms with Crippen LogP contribution in [0, 0.1) is 0 Å². The maximum atomic E-state index is 5.71. The molecule has 3 aromatic rings. The zero-order chi connectivity index (χ0) is 17.9. The van der Waals surface area contributed by atoms with E-state index in [9.17, 15) is 0 Å². The summed E-state index contributed by atoms with van der Waals surface area (Å²) in [4.78, 5) is 18.4. The van der Waals surface area contributed by atoms with Crippen molar-refractivity contribution in [2.75, 3.05) is 37.5 Å². The summed E-state index contributed by atoms with van der Waals surface area (Å²) in [6.45, 7) is 2.39. The minimum atomic E-state index is 0.103. The molecular formula is C18H23N7O. The second-order valence-electron chi connectivity index (χ2n) is 6.37. The Bertz CT molecular complexity index is 881. The molecule has 0 unspecified atom stereocenters. The molecule has 136 valence electrons. The van der Waals surface area contributed by atoms with Gasteiger partial charge < -0.3 is 25.3 Å². The summed E-state index contributed by atoms with van der Waals surface area (Å²) >= 11 is 0. The summed E-state index contributed by atoms with van der Waals surface area (Å²) in [5, 5.41) is 7.78. The lowest BCUT2D eigenvalue weighted by Crippen LogP contribution is -2.39. The van der Waals surface area contributed by atoms with E-state index in [4.69, 9.17) is 4.74 Å². The number of ether oxygens (including phenoxy) is 1. The van der Waals surface area contributed by atoms with Gasteiger partial charge in [-0.05, 0) is 23.8 Å². The van der Waals surface area contributed by atoms with Crippen molar-refractivity contribution in [3.63, 3.8) is 0 Å². The Morgan fingerprint density at radius 3 is 2.96 bits per heavy atom. The number of methoxy groups -OCH3 is 1. The molecule has 3 N–H and O–H groups in total. The number of rotatable bonds is 6. The average molecular weight is 353 g/mol. The van der Waals surface area contributed by atoms with Crippen LogP contribution in [0.2, 0.25) is 0 Å². The summed E-state index contributed by atoms with van der Waals surface area (Å²) in [6.07, 6.45) is 5.64. The minimum absolute atomic E-state index is 0.103. The molecule has 0 saturated carbocycles. The fourth-order valence-electron chi connectivity index (χ4n) is 3.45. The highest BCUT2D eigenvalue weighted by Crippen LogP contribution is 2.22. The third kappa shape index (κ3) is 3.21. The Kier molecular flexibility index (Phi) is 4.68. The summed E-state index contributed by atoms with van der Waals surface area (Å²) in [6, 6.07) is 6.27. The fourth-order valence-corrected chi connectivity index (χ4v) is 3.45. The molecule has 26 heavy (non-hydrogen) atoms. The molecule has 0 spiro atoms. The number of hydrogen-bond donors (Lipinski definition) is 3. The first kappa shape index (κ1) is 16.7. The van der Waals surface area contributed by atoms with E-state index in [-0.39, 0.29) is 12.1 Å². The van der Waals surface area contributed by atoms with Crippen LogP contribution in [0.5, 0.6) is 0 Å². The maximum Gasteiger partial charge on any atom is 0.224 e. The van der Waals surface area contributed by atoms with Crippen molar-refractivity contribution in [2.24, 2.45) is 0 Å². The van der Waals surface area contributed by atoms with Crippen molar-refractivity contribution < 1.29 is 4.74 Å². The second kappa shape index (κ2) is 7.27. The third-order valence-electron chi connectivity index (χ3n) is 4.86. The van der Waals surface area contributed by atoms with Crippen LogP contribution in [0.25, 0.3) is 11.0 Å². The summed E-state index contributed by atoms with van der Waals surface area (Å²) in [5.74, 6) is 1.53. The van der Waals surface area contributed by atoms with E-state index < -0.39 is 0 Å². The van der Waals surface area contributed by atoms with Crippen molar-refractivity contribution in [3.05, 3.63) is 42.4 Å². The number of aromatic amines is 1. The van der Waals surface area contributed by atoms with Gasteiger partial charge in [0.1, 0.15) is 11.5 Å².